The predicted molar refractivity (Wildman–Crippen MR) is 94.6 cm³/mol. The first-order chi connectivity index (χ1) is 11.7. The van der Waals surface area contributed by atoms with Gasteiger partial charge in [0.25, 0.3) is 0 Å². The number of nitrogens with zero attached hydrogens (tertiary/aromatic N) is 2. The number of rotatable bonds is 3. The summed E-state index contributed by atoms with van der Waals surface area (Å²) in [5.41, 5.74) is 1.32. The molecule has 138 valence electrons. The largest absolute Gasteiger partial charge is 2.00 e. The molecule has 2 rings (SSSR count). The molecule has 1 aromatic heterocycles. The molecule has 2 heterocycles. The number of allylic oxidation sites excluding steroid dienone is 4. The average molecular weight is 412 g/mol. The summed E-state index contributed by atoms with van der Waals surface area (Å²) in [4.78, 5) is 26.4. The van der Waals surface area contributed by atoms with Crippen LogP contribution in [0.25, 0.3) is 0 Å². The number of ketones is 2. The van der Waals surface area contributed by atoms with E-state index in [1.54, 1.807) is 0 Å². The zero-order chi connectivity index (χ0) is 19.2. The molecule has 0 atom stereocenters. The fourth-order valence-corrected chi connectivity index (χ4v) is 2.10. The first-order valence-corrected chi connectivity index (χ1v) is 8.09. The Hall–Kier alpha value is -2.01. The first kappa shape index (κ1) is 26.2. The maximum Gasteiger partial charge on any atom is 2.00 e. The van der Waals surface area contributed by atoms with E-state index in [-0.39, 0.29) is 42.6 Å². The summed E-state index contributed by atoms with van der Waals surface area (Å²) in [7, 11) is 0. The molecule has 1 aliphatic heterocycles. The Balaban J connectivity index is 0. The summed E-state index contributed by atoms with van der Waals surface area (Å²) < 4.78 is 0. The van der Waals surface area contributed by atoms with E-state index in [9.17, 15) is 19.8 Å². The van der Waals surface area contributed by atoms with E-state index in [2.05, 4.69) is 22.0 Å². The van der Waals surface area contributed by atoms with Crippen LogP contribution in [0.5, 0.6) is 0 Å². The van der Waals surface area contributed by atoms with Crippen molar-refractivity contribution in [2.24, 2.45) is 0 Å². The zero-order valence-electron chi connectivity index (χ0n) is 16.0. The van der Waals surface area contributed by atoms with Crippen molar-refractivity contribution in [2.75, 3.05) is 18.0 Å². The molecular formula is C19H26N2O4Zn. The van der Waals surface area contributed by atoms with E-state index >= 15 is 0 Å². The molecule has 1 fully saturated rings. The van der Waals surface area contributed by atoms with Crippen molar-refractivity contribution in [3.8, 4) is 0 Å². The average Bonchev–Trinajstić information content (AvgIpc) is 3.00. The van der Waals surface area contributed by atoms with Crippen molar-refractivity contribution in [3.05, 3.63) is 48.2 Å². The van der Waals surface area contributed by atoms with E-state index in [1.807, 2.05) is 12.4 Å². The molecular weight excluding hydrogens is 386 g/mol. The number of pyridine rings is 1. The third-order valence-electron chi connectivity index (χ3n) is 2.95. The van der Waals surface area contributed by atoms with Gasteiger partial charge in [0.15, 0.2) is 11.6 Å². The quantitative estimate of drug-likeness (QED) is 0.423. The number of hydrogen-bond acceptors (Lipinski definition) is 6. The fourth-order valence-electron chi connectivity index (χ4n) is 2.10. The number of carbonyl (C=O) groups is 2. The van der Waals surface area contributed by atoms with Gasteiger partial charge in [0.2, 0.25) is 0 Å². The molecule has 0 radical (unpaired) electrons. The minimum Gasteiger partial charge on any atom is -0.876 e. The van der Waals surface area contributed by atoms with E-state index in [0.717, 1.165) is 12.2 Å². The number of anilines is 1. The van der Waals surface area contributed by atoms with Crippen LogP contribution < -0.4 is 15.1 Å². The second kappa shape index (κ2) is 15.3. The van der Waals surface area contributed by atoms with Crippen LogP contribution in [-0.4, -0.2) is 29.6 Å². The van der Waals surface area contributed by atoms with Gasteiger partial charge in [-0.3, -0.25) is 14.6 Å². The Morgan fingerprint density at radius 2 is 1.31 bits per heavy atom. The molecule has 0 amide bonds. The fraction of sp³-hybridized carbons (Fsp3) is 0.421. The second-order valence-electron chi connectivity index (χ2n) is 5.63. The smallest absolute Gasteiger partial charge is 0.876 e. The van der Waals surface area contributed by atoms with Crippen LogP contribution >= 0.6 is 0 Å². The Kier molecular flexibility index (Phi) is 15.4. The third kappa shape index (κ3) is 15.5. The summed E-state index contributed by atoms with van der Waals surface area (Å²) >= 11 is 0. The zero-order valence-corrected chi connectivity index (χ0v) is 19.0. The van der Waals surface area contributed by atoms with Gasteiger partial charge in [-0.2, -0.15) is 0 Å². The molecule has 26 heavy (non-hydrogen) atoms. The molecule has 1 aliphatic rings. The Bertz CT molecular complexity index is 559. The monoisotopic (exact) mass is 410 g/mol. The number of carbonyl (C=O) groups excluding carboxylic acids is 2. The van der Waals surface area contributed by atoms with E-state index < -0.39 is 0 Å². The van der Waals surface area contributed by atoms with Crippen molar-refractivity contribution in [1.82, 2.24) is 4.98 Å². The Morgan fingerprint density at radius 3 is 1.58 bits per heavy atom. The van der Waals surface area contributed by atoms with Crippen LogP contribution in [0.3, 0.4) is 0 Å². The van der Waals surface area contributed by atoms with Crippen LogP contribution in [0.15, 0.2) is 48.2 Å². The molecule has 7 heteroatoms. The van der Waals surface area contributed by atoms with Crippen LogP contribution in [0.1, 0.15) is 40.5 Å². The van der Waals surface area contributed by atoms with Gasteiger partial charge in [0.05, 0.1) is 0 Å². The molecule has 0 spiro atoms. The normalized spacial score (nSPS) is 13.5. The van der Waals surface area contributed by atoms with Crippen LogP contribution in [0.2, 0.25) is 0 Å². The van der Waals surface area contributed by atoms with Gasteiger partial charge in [-0.1, -0.05) is 13.8 Å². The van der Waals surface area contributed by atoms with E-state index in [4.69, 9.17) is 0 Å². The summed E-state index contributed by atoms with van der Waals surface area (Å²) in [6.45, 7) is 7.82. The van der Waals surface area contributed by atoms with Crippen LogP contribution in [0, 0.1) is 0 Å². The molecule has 0 aromatic carbocycles. The van der Waals surface area contributed by atoms with Gasteiger partial charge in [-0.05, 0) is 51.0 Å². The Morgan fingerprint density at radius 1 is 0.923 bits per heavy atom. The molecule has 6 nitrogen and oxygen atoms in total. The molecule has 1 saturated heterocycles. The summed E-state index contributed by atoms with van der Waals surface area (Å²) in [6, 6.07) is 4.15. The molecule has 1 aromatic rings. The number of hydrogen-bond donors (Lipinski definition) is 0. The number of aromatic nitrogens is 1. The van der Waals surface area contributed by atoms with Crippen molar-refractivity contribution in [2.45, 2.75) is 40.5 Å². The second-order valence-corrected chi connectivity index (χ2v) is 5.63. The van der Waals surface area contributed by atoms with Crippen molar-refractivity contribution in [1.29, 1.82) is 0 Å². The standard InChI is InChI=1S/C9H12N2.2C5H8O2.Zn/c1-2-8-11(7-1)9-3-5-10-6-4-9;2*1-4(6)3-5(2)7;/h3-6H,1-2,7-8H2;2*3,6H,1-2H3;/q;;;+2/p-2/b;2*4-3-;. The van der Waals surface area contributed by atoms with Gasteiger partial charge in [-0.15, -0.1) is 11.5 Å². The maximum atomic E-state index is 9.98. The minimum absolute atomic E-state index is 0. The van der Waals surface area contributed by atoms with Crippen LogP contribution in [-0.2, 0) is 29.1 Å². The molecule has 0 N–H and O–H groups in total. The molecule has 0 saturated carbocycles. The SMILES string of the molecule is CC(=O)/C=C(/C)[O-].CC(=O)/C=C(/C)[O-].[Zn+2].c1cc(N2CCCC2)ccn1. The van der Waals surface area contributed by atoms with Crippen molar-refractivity contribution in [3.63, 3.8) is 0 Å². The van der Waals surface area contributed by atoms with Gasteiger partial charge >= 0.3 is 19.5 Å². The maximum absolute atomic E-state index is 9.98. The third-order valence-corrected chi connectivity index (χ3v) is 2.95. The molecule has 0 unspecified atom stereocenters. The van der Waals surface area contributed by atoms with Gasteiger partial charge in [0.1, 0.15) is 0 Å². The Labute approximate surface area is 168 Å². The van der Waals surface area contributed by atoms with E-state index in [1.165, 1.54) is 59.3 Å². The first-order valence-electron chi connectivity index (χ1n) is 8.09. The molecule has 0 aliphatic carbocycles. The van der Waals surface area contributed by atoms with Gasteiger partial charge in [-0.25, -0.2) is 0 Å². The van der Waals surface area contributed by atoms with E-state index in [0.29, 0.717) is 0 Å². The van der Waals surface area contributed by atoms with Crippen LogP contribution in [0.4, 0.5) is 5.69 Å². The van der Waals surface area contributed by atoms with Crippen molar-refractivity contribution >= 4 is 17.3 Å². The summed E-state index contributed by atoms with van der Waals surface area (Å²) in [5, 5.41) is 20.0. The summed E-state index contributed by atoms with van der Waals surface area (Å²) in [5.74, 6) is -0.750. The van der Waals surface area contributed by atoms with Gasteiger partial charge < -0.3 is 15.1 Å². The topological polar surface area (TPSA) is 96.4 Å². The minimum atomic E-state index is -0.187. The molecule has 0 bridgehead atoms. The van der Waals surface area contributed by atoms with Crippen molar-refractivity contribution < 1.29 is 39.3 Å². The van der Waals surface area contributed by atoms with Gasteiger partial charge in [0, 0.05) is 31.2 Å². The predicted octanol–water partition coefficient (Wildman–Crippen LogP) is 1.36. The summed E-state index contributed by atoms with van der Waals surface area (Å²) in [6.07, 6.45) is 8.49.